The number of nitrogens with one attached hydrogen (secondary N) is 1. The van der Waals surface area contributed by atoms with Crippen LogP contribution in [0.2, 0.25) is 0 Å². The van der Waals surface area contributed by atoms with Gasteiger partial charge < -0.3 is 10.1 Å². The first-order valence-corrected chi connectivity index (χ1v) is 9.44. The summed E-state index contributed by atoms with van der Waals surface area (Å²) in [6.07, 6.45) is 0. The minimum absolute atomic E-state index is 0.00596. The van der Waals surface area contributed by atoms with Gasteiger partial charge in [0.15, 0.2) is 0 Å². The number of hydrogen-bond donors (Lipinski definition) is 1. The van der Waals surface area contributed by atoms with Gasteiger partial charge in [0, 0.05) is 10.9 Å². The molecule has 3 aromatic rings. The quantitative estimate of drug-likeness (QED) is 0.707. The van der Waals surface area contributed by atoms with Crippen molar-refractivity contribution in [1.29, 1.82) is 0 Å². The molecule has 0 saturated carbocycles. The van der Waals surface area contributed by atoms with Gasteiger partial charge >= 0.3 is 0 Å². The van der Waals surface area contributed by atoms with Crippen molar-refractivity contribution < 1.29 is 14.3 Å². The lowest BCUT2D eigenvalue weighted by Gasteiger charge is -2.20. The highest BCUT2D eigenvalue weighted by Gasteiger charge is 2.31. The third kappa shape index (κ3) is 3.20. The van der Waals surface area contributed by atoms with Crippen molar-refractivity contribution in [1.82, 2.24) is 5.32 Å². The van der Waals surface area contributed by atoms with Crippen molar-refractivity contribution in [3.05, 3.63) is 71.8 Å². The lowest BCUT2D eigenvalue weighted by molar-refractivity contribution is -0.120. The fourth-order valence-electron chi connectivity index (χ4n) is 3.67. The van der Waals surface area contributed by atoms with Gasteiger partial charge in [-0.15, -0.1) is 0 Å². The molecule has 3 aromatic carbocycles. The highest BCUT2D eigenvalue weighted by atomic mass is 16.5. The zero-order chi connectivity index (χ0) is 19.7. The molecule has 0 bridgehead atoms. The Bertz CT molecular complexity index is 1040. The molecule has 5 heteroatoms. The minimum atomic E-state index is -0.195. The van der Waals surface area contributed by atoms with Crippen LogP contribution in [0.1, 0.15) is 35.8 Å². The normalized spacial score (nSPS) is 13.6. The fraction of sp³-hybridized carbons (Fsp3) is 0.217. The Morgan fingerprint density at radius 1 is 1.07 bits per heavy atom. The van der Waals surface area contributed by atoms with Crippen molar-refractivity contribution in [3.63, 3.8) is 0 Å². The Hall–Kier alpha value is -3.34. The maximum Gasteiger partial charge on any atom is 0.259 e. The van der Waals surface area contributed by atoms with Crippen LogP contribution in [0.25, 0.3) is 10.8 Å². The van der Waals surface area contributed by atoms with Crippen LogP contribution in [0.15, 0.2) is 60.7 Å². The third-order valence-corrected chi connectivity index (χ3v) is 5.02. The molecule has 1 N–H and O–H groups in total. The molecule has 4 rings (SSSR count). The van der Waals surface area contributed by atoms with Crippen molar-refractivity contribution in [3.8, 4) is 5.75 Å². The molecule has 28 heavy (non-hydrogen) atoms. The smallest absolute Gasteiger partial charge is 0.259 e. The van der Waals surface area contributed by atoms with Gasteiger partial charge in [0.05, 0.1) is 18.3 Å². The molecule has 0 fully saturated rings. The van der Waals surface area contributed by atoms with Gasteiger partial charge in [-0.1, -0.05) is 36.4 Å². The number of carbonyl (C=O) groups is 2. The van der Waals surface area contributed by atoms with E-state index >= 15 is 0 Å². The largest absolute Gasteiger partial charge is 0.494 e. The van der Waals surface area contributed by atoms with Gasteiger partial charge in [0.25, 0.3) is 5.91 Å². The highest BCUT2D eigenvalue weighted by Crippen LogP contribution is 2.36. The average molecular weight is 374 g/mol. The molecule has 1 aliphatic rings. The summed E-state index contributed by atoms with van der Waals surface area (Å²) < 4.78 is 5.45. The Morgan fingerprint density at radius 3 is 2.50 bits per heavy atom. The number of ether oxygens (including phenoxy) is 1. The summed E-state index contributed by atoms with van der Waals surface area (Å²) in [6.45, 7) is 4.47. The summed E-state index contributed by atoms with van der Waals surface area (Å²) in [5.41, 5.74) is 2.43. The molecular formula is C23H22N2O3. The first-order valence-electron chi connectivity index (χ1n) is 9.44. The summed E-state index contributed by atoms with van der Waals surface area (Å²) in [5, 5.41) is 4.91. The van der Waals surface area contributed by atoms with Crippen LogP contribution >= 0.6 is 0 Å². The van der Waals surface area contributed by atoms with E-state index in [1.807, 2.05) is 74.5 Å². The Balaban J connectivity index is 1.47. The van der Waals surface area contributed by atoms with Crippen LogP contribution in [0.5, 0.6) is 5.75 Å². The van der Waals surface area contributed by atoms with E-state index in [2.05, 4.69) is 5.32 Å². The van der Waals surface area contributed by atoms with Gasteiger partial charge in [-0.25, -0.2) is 0 Å². The predicted molar refractivity (Wildman–Crippen MR) is 110 cm³/mol. The summed E-state index contributed by atoms with van der Waals surface area (Å²) in [5.74, 6) is 0.480. The number of benzene rings is 3. The van der Waals surface area contributed by atoms with Crippen molar-refractivity contribution in [2.75, 3.05) is 18.1 Å². The van der Waals surface area contributed by atoms with Crippen molar-refractivity contribution >= 4 is 28.3 Å². The number of amides is 2. The van der Waals surface area contributed by atoms with E-state index in [9.17, 15) is 9.59 Å². The van der Waals surface area contributed by atoms with Crippen LogP contribution in [0, 0.1) is 0 Å². The maximum atomic E-state index is 12.8. The second-order valence-electron chi connectivity index (χ2n) is 6.86. The van der Waals surface area contributed by atoms with E-state index in [0.717, 1.165) is 27.8 Å². The summed E-state index contributed by atoms with van der Waals surface area (Å²) >= 11 is 0. The Labute approximate surface area is 163 Å². The van der Waals surface area contributed by atoms with E-state index in [0.29, 0.717) is 12.2 Å². The summed E-state index contributed by atoms with van der Waals surface area (Å²) in [7, 11) is 0. The molecule has 0 radical (unpaired) electrons. The minimum Gasteiger partial charge on any atom is -0.494 e. The molecule has 0 aromatic heterocycles. The molecule has 0 aliphatic carbocycles. The molecule has 0 unspecified atom stereocenters. The summed E-state index contributed by atoms with van der Waals surface area (Å²) in [6, 6.07) is 18.9. The van der Waals surface area contributed by atoms with E-state index in [1.165, 1.54) is 0 Å². The van der Waals surface area contributed by atoms with Crippen LogP contribution in [-0.4, -0.2) is 25.0 Å². The molecule has 1 atom stereocenters. The molecule has 5 nitrogen and oxygen atoms in total. The van der Waals surface area contributed by atoms with Gasteiger partial charge in [0.2, 0.25) is 5.91 Å². The Morgan fingerprint density at radius 2 is 1.79 bits per heavy atom. The molecule has 0 saturated heterocycles. The van der Waals surface area contributed by atoms with E-state index < -0.39 is 0 Å². The first kappa shape index (κ1) is 18.0. The first-order chi connectivity index (χ1) is 13.6. The molecule has 0 spiro atoms. The monoisotopic (exact) mass is 374 g/mol. The van der Waals surface area contributed by atoms with Crippen molar-refractivity contribution in [2.45, 2.75) is 19.9 Å². The van der Waals surface area contributed by atoms with E-state index in [4.69, 9.17) is 4.74 Å². The van der Waals surface area contributed by atoms with Crippen LogP contribution in [0.3, 0.4) is 0 Å². The van der Waals surface area contributed by atoms with Gasteiger partial charge in [-0.05, 0) is 49.1 Å². The third-order valence-electron chi connectivity index (χ3n) is 5.02. The predicted octanol–water partition coefficient (Wildman–Crippen LogP) is 4.08. The van der Waals surface area contributed by atoms with E-state index in [-0.39, 0.29) is 24.4 Å². The van der Waals surface area contributed by atoms with E-state index in [1.54, 1.807) is 4.90 Å². The zero-order valence-electron chi connectivity index (χ0n) is 15.9. The molecule has 142 valence electrons. The molecular weight excluding hydrogens is 352 g/mol. The second kappa shape index (κ2) is 7.35. The topological polar surface area (TPSA) is 58.6 Å². The maximum absolute atomic E-state index is 12.8. The van der Waals surface area contributed by atoms with Gasteiger partial charge in [-0.2, -0.15) is 0 Å². The highest BCUT2D eigenvalue weighted by molar-refractivity contribution is 6.26. The zero-order valence-corrected chi connectivity index (χ0v) is 15.9. The second-order valence-corrected chi connectivity index (χ2v) is 6.86. The fourth-order valence-corrected chi connectivity index (χ4v) is 3.67. The molecule has 2 amide bonds. The molecule has 1 heterocycles. The number of anilines is 1. The van der Waals surface area contributed by atoms with Crippen LogP contribution < -0.4 is 15.0 Å². The SMILES string of the molecule is CCOc1ccc([C@H](C)NC(=O)CN2C(=O)c3cccc4cccc2c34)cc1. The number of hydrogen-bond acceptors (Lipinski definition) is 3. The number of nitrogens with zero attached hydrogens (tertiary/aromatic N) is 1. The average Bonchev–Trinajstić information content (AvgIpc) is 2.97. The standard InChI is InChI=1S/C23H22N2O3/c1-3-28-18-12-10-16(11-13-18)15(2)24-21(26)14-25-20-9-5-7-17-6-4-8-19(22(17)20)23(25)27/h4-13,15H,3,14H2,1-2H3,(H,24,26)/t15-/m0/s1. The lowest BCUT2D eigenvalue weighted by Crippen LogP contribution is -2.39. The van der Waals surface area contributed by atoms with Crippen LogP contribution in [0.4, 0.5) is 5.69 Å². The van der Waals surface area contributed by atoms with Gasteiger partial charge in [0.1, 0.15) is 12.3 Å². The van der Waals surface area contributed by atoms with Crippen molar-refractivity contribution in [2.24, 2.45) is 0 Å². The molecule has 1 aliphatic heterocycles. The lowest BCUT2D eigenvalue weighted by atomic mass is 10.1. The number of carbonyl (C=O) groups excluding carboxylic acids is 2. The number of rotatable bonds is 6. The summed E-state index contributed by atoms with van der Waals surface area (Å²) in [4.78, 5) is 27.0. The van der Waals surface area contributed by atoms with Gasteiger partial charge in [-0.3, -0.25) is 14.5 Å². The van der Waals surface area contributed by atoms with Crippen LogP contribution in [-0.2, 0) is 4.79 Å². The Kier molecular flexibility index (Phi) is 4.74.